The minimum absolute atomic E-state index is 0.0866. The third-order valence-electron chi connectivity index (χ3n) is 4.74. The summed E-state index contributed by atoms with van der Waals surface area (Å²) in [7, 11) is 2.96. The van der Waals surface area contributed by atoms with Crippen molar-refractivity contribution >= 4 is 5.78 Å². The van der Waals surface area contributed by atoms with Crippen molar-refractivity contribution in [2.24, 2.45) is 0 Å². The number of hydrogen-bond acceptors (Lipinski definition) is 6. The molecule has 0 heterocycles. The van der Waals surface area contributed by atoms with Crippen LogP contribution in [0.3, 0.4) is 0 Å². The highest BCUT2D eigenvalue weighted by Crippen LogP contribution is 2.33. The van der Waals surface area contributed by atoms with Crippen molar-refractivity contribution in [3.63, 3.8) is 0 Å². The highest BCUT2D eigenvalue weighted by molar-refractivity contribution is 6.04. The molecule has 0 unspecified atom stereocenters. The van der Waals surface area contributed by atoms with E-state index in [0.29, 0.717) is 11.3 Å². The maximum absolute atomic E-state index is 13.1. The number of phenolic OH excluding ortho intramolecular Hbond substituents is 1. The predicted octanol–water partition coefficient (Wildman–Crippen LogP) is 3.91. The van der Waals surface area contributed by atoms with Gasteiger partial charge in [-0.2, -0.15) is 0 Å². The lowest BCUT2D eigenvalue weighted by Crippen LogP contribution is -2.30. The summed E-state index contributed by atoms with van der Waals surface area (Å²) in [5.41, 5.74) is 1.42. The van der Waals surface area contributed by atoms with Crippen LogP contribution in [-0.2, 0) is 11.3 Å². The van der Waals surface area contributed by atoms with E-state index in [1.54, 1.807) is 43.5 Å². The first-order valence-electron chi connectivity index (χ1n) is 9.43. The molecule has 3 aromatic rings. The number of ether oxygens (including phenoxy) is 3. The Morgan fingerprint density at radius 3 is 2.27 bits per heavy atom. The molecule has 2 N–H and O–H groups in total. The van der Waals surface area contributed by atoms with E-state index in [1.807, 2.05) is 30.3 Å². The van der Waals surface area contributed by atoms with Crippen LogP contribution in [0.25, 0.3) is 0 Å². The molecule has 3 aromatic carbocycles. The van der Waals surface area contributed by atoms with Crippen LogP contribution in [0.1, 0.15) is 27.6 Å². The fourth-order valence-electron chi connectivity index (χ4n) is 3.15. The molecule has 0 fully saturated rings. The first-order chi connectivity index (χ1) is 14.5. The second kappa shape index (κ2) is 9.91. The van der Waals surface area contributed by atoms with Crippen molar-refractivity contribution in [3.8, 4) is 17.2 Å². The Bertz CT molecular complexity index is 969. The van der Waals surface area contributed by atoms with Crippen LogP contribution in [0, 0.1) is 0 Å². The van der Waals surface area contributed by atoms with E-state index < -0.39 is 18.0 Å². The van der Waals surface area contributed by atoms with Crippen LogP contribution in [0.2, 0.25) is 0 Å². The average Bonchev–Trinajstić information content (AvgIpc) is 2.79. The van der Waals surface area contributed by atoms with Crippen LogP contribution in [0.15, 0.2) is 72.8 Å². The van der Waals surface area contributed by atoms with Gasteiger partial charge in [0.15, 0.2) is 0 Å². The highest BCUT2D eigenvalue weighted by atomic mass is 16.5. The summed E-state index contributed by atoms with van der Waals surface area (Å²) >= 11 is 0. The normalized spacial score (nSPS) is 12.8. The van der Waals surface area contributed by atoms with Gasteiger partial charge in [0.2, 0.25) is 5.78 Å². The summed E-state index contributed by atoms with van der Waals surface area (Å²) in [4.78, 5) is 13.1. The molecule has 0 saturated heterocycles. The molecule has 156 valence electrons. The Hall–Kier alpha value is -3.35. The molecule has 6 nitrogen and oxygen atoms in total. The smallest absolute Gasteiger partial charge is 0.201 e. The van der Waals surface area contributed by atoms with E-state index in [2.05, 4.69) is 0 Å². The monoisotopic (exact) mass is 408 g/mol. The number of hydrogen-bond donors (Lipinski definition) is 2. The zero-order valence-corrected chi connectivity index (χ0v) is 16.8. The summed E-state index contributed by atoms with van der Waals surface area (Å²) in [6.07, 6.45) is -2.47. The lowest BCUT2D eigenvalue weighted by atomic mass is 9.96. The van der Waals surface area contributed by atoms with E-state index >= 15 is 0 Å². The van der Waals surface area contributed by atoms with E-state index in [4.69, 9.17) is 14.2 Å². The lowest BCUT2D eigenvalue weighted by Gasteiger charge is -2.22. The highest BCUT2D eigenvalue weighted by Gasteiger charge is 2.32. The first-order valence-corrected chi connectivity index (χ1v) is 9.43. The molecule has 6 heteroatoms. The number of carbonyl (C=O) groups excluding carboxylic acids is 1. The fourth-order valence-corrected chi connectivity index (χ4v) is 3.15. The SMILES string of the molecule is COc1ccc([C@@H](OC)[C@@H](O)C(=O)c2c(O)cccc2OCc2ccccc2)cc1. The number of rotatable bonds is 9. The van der Waals surface area contributed by atoms with Crippen molar-refractivity contribution in [3.05, 3.63) is 89.5 Å². The molecule has 0 aliphatic rings. The van der Waals surface area contributed by atoms with E-state index in [0.717, 1.165) is 5.56 Å². The van der Waals surface area contributed by atoms with Crippen molar-refractivity contribution < 1.29 is 29.2 Å². The zero-order chi connectivity index (χ0) is 21.5. The molecule has 0 amide bonds. The van der Waals surface area contributed by atoms with Gasteiger partial charge >= 0.3 is 0 Å². The standard InChI is InChI=1S/C24H24O6/c1-28-18-13-11-17(12-14-18)24(29-2)23(27)22(26)21-19(25)9-6-10-20(21)30-15-16-7-4-3-5-8-16/h3-14,23-25,27H,15H2,1-2H3/t23-,24+/m0/s1. The molecular weight excluding hydrogens is 384 g/mol. The Kier molecular flexibility index (Phi) is 7.06. The van der Waals surface area contributed by atoms with Gasteiger partial charge in [-0.05, 0) is 35.4 Å². The van der Waals surface area contributed by atoms with E-state index in [1.165, 1.54) is 13.2 Å². The van der Waals surface area contributed by atoms with Crippen LogP contribution in [0.5, 0.6) is 17.2 Å². The average molecular weight is 408 g/mol. The third-order valence-corrected chi connectivity index (χ3v) is 4.74. The van der Waals surface area contributed by atoms with Gasteiger partial charge in [-0.25, -0.2) is 0 Å². The van der Waals surface area contributed by atoms with E-state index in [-0.39, 0.29) is 23.7 Å². The topological polar surface area (TPSA) is 85.2 Å². The van der Waals surface area contributed by atoms with Gasteiger partial charge < -0.3 is 24.4 Å². The number of Topliss-reactive ketones (excluding diaryl/α,β-unsaturated/α-hetero) is 1. The largest absolute Gasteiger partial charge is 0.507 e. The zero-order valence-electron chi connectivity index (χ0n) is 16.8. The molecule has 0 radical (unpaired) electrons. The Morgan fingerprint density at radius 1 is 0.933 bits per heavy atom. The second-order valence-electron chi connectivity index (χ2n) is 6.66. The molecule has 3 rings (SSSR count). The number of carbonyl (C=O) groups is 1. The summed E-state index contributed by atoms with van der Waals surface area (Å²) in [5, 5.41) is 21.1. The molecule has 0 bridgehead atoms. The van der Waals surface area contributed by atoms with Gasteiger partial charge in [-0.1, -0.05) is 48.5 Å². The van der Waals surface area contributed by atoms with Gasteiger partial charge in [0.1, 0.15) is 41.6 Å². The number of aliphatic hydroxyl groups is 1. The molecule has 0 aliphatic carbocycles. The number of benzene rings is 3. The van der Waals surface area contributed by atoms with Crippen molar-refractivity contribution in [1.29, 1.82) is 0 Å². The Balaban J connectivity index is 1.85. The van der Waals surface area contributed by atoms with Crippen LogP contribution in [-0.4, -0.2) is 36.3 Å². The predicted molar refractivity (Wildman–Crippen MR) is 112 cm³/mol. The minimum atomic E-state index is -1.55. The van der Waals surface area contributed by atoms with Crippen LogP contribution >= 0.6 is 0 Å². The van der Waals surface area contributed by atoms with Crippen molar-refractivity contribution in [2.75, 3.05) is 14.2 Å². The summed E-state index contributed by atoms with van der Waals surface area (Å²) in [6.45, 7) is 0.215. The number of phenols is 1. The second-order valence-corrected chi connectivity index (χ2v) is 6.66. The maximum atomic E-state index is 13.1. The Morgan fingerprint density at radius 2 is 1.63 bits per heavy atom. The molecule has 30 heavy (non-hydrogen) atoms. The van der Waals surface area contributed by atoms with Crippen molar-refractivity contribution in [1.82, 2.24) is 0 Å². The van der Waals surface area contributed by atoms with Gasteiger partial charge in [0.25, 0.3) is 0 Å². The van der Waals surface area contributed by atoms with Gasteiger partial charge in [-0.3, -0.25) is 4.79 Å². The number of ketones is 1. The molecule has 0 aromatic heterocycles. The summed E-state index contributed by atoms with van der Waals surface area (Å²) in [5.74, 6) is -0.132. The van der Waals surface area contributed by atoms with Gasteiger partial charge in [0, 0.05) is 7.11 Å². The minimum Gasteiger partial charge on any atom is -0.507 e. The first kappa shape index (κ1) is 21.4. The van der Waals surface area contributed by atoms with Crippen LogP contribution in [0.4, 0.5) is 0 Å². The van der Waals surface area contributed by atoms with Gasteiger partial charge in [0.05, 0.1) is 7.11 Å². The summed E-state index contributed by atoms with van der Waals surface area (Å²) in [6, 6.07) is 20.8. The third kappa shape index (κ3) is 4.79. The summed E-state index contributed by atoms with van der Waals surface area (Å²) < 4.78 is 16.3. The molecular formula is C24H24O6. The maximum Gasteiger partial charge on any atom is 0.201 e. The Labute approximate surface area is 175 Å². The number of aliphatic hydroxyl groups excluding tert-OH is 1. The quantitative estimate of drug-likeness (QED) is 0.522. The molecule has 2 atom stereocenters. The van der Waals surface area contributed by atoms with Crippen molar-refractivity contribution in [2.45, 2.75) is 18.8 Å². The van der Waals surface area contributed by atoms with Crippen LogP contribution < -0.4 is 9.47 Å². The number of methoxy groups -OCH3 is 2. The molecule has 0 spiro atoms. The fraction of sp³-hybridized carbons (Fsp3) is 0.208. The molecule has 0 aliphatic heterocycles. The molecule has 0 saturated carbocycles. The number of aromatic hydroxyl groups is 1. The lowest BCUT2D eigenvalue weighted by molar-refractivity contribution is -0.00461. The van der Waals surface area contributed by atoms with E-state index in [9.17, 15) is 15.0 Å². The van der Waals surface area contributed by atoms with Gasteiger partial charge in [-0.15, -0.1) is 0 Å².